The van der Waals surface area contributed by atoms with Gasteiger partial charge in [-0.15, -0.1) is 0 Å². The summed E-state index contributed by atoms with van der Waals surface area (Å²) in [5.74, 6) is 0.389. The zero-order valence-corrected chi connectivity index (χ0v) is 17.4. The summed E-state index contributed by atoms with van der Waals surface area (Å²) in [4.78, 5) is 0. The van der Waals surface area contributed by atoms with Crippen molar-refractivity contribution in [2.75, 3.05) is 0 Å². The predicted octanol–water partition coefficient (Wildman–Crippen LogP) is 7.94. The third-order valence-corrected chi connectivity index (χ3v) is 4.97. The highest BCUT2D eigenvalue weighted by Crippen LogP contribution is 2.36. The Bertz CT molecular complexity index is 1030. The number of benzene rings is 3. The third-order valence-electron chi connectivity index (χ3n) is 3.90. The van der Waals surface area contributed by atoms with Gasteiger partial charge in [0, 0.05) is 10.0 Å². The second-order valence-corrected chi connectivity index (χ2v) is 7.59. The van der Waals surface area contributed by atoms with Crippen LogP contribution in [0.25, 0.3) is 11.6 Å². The van der Waals surface area contributed by atoms with E-state index in [-0.39, 0.29) is 0 Å². The van der Waals surface area contributed by atoms with E-state index < -0.39 is 0 Å². The predicted molar refractivity (Wildman–Crippen MR) is 117 cm³/mol. The summed E-state index contributed by atoms with van der Waals surface area (Å²) < 4.78 is 5.77. The molecule has 0 heterocycles. The summed E-state index contributed by atoms with van der Waals surface area (Å²) in [7, 11) is 0. The van der Waals surface area contributed by atoms with Gasteiger partial charge in [0.15, 0.2) is 5.75 Å². The SMILES string of the molecule is N#C/C(=C\c1cc(Cl)c(OCc2ccc(Cl)cc2)c(Cl)c1)c1ccc(Cl)cc1. The first-order valence-corrected chi connectivity index (χ1v) is 9.71. The van der Waals surface area contributed by atoms with Crippen molar-refractivity contribution >= 4 is 58.1 Å². The Morgan fingerprint density at radius 2 is 1.39 bits per heavy atom. The lowest BCUT2D eigenvalue weighted by molar-refractivity contribution is 0.306. The van der Waals surface area contributed by atoms with Gasteiger partial charge < -0.3 is 4.74 Å². The van der Waals surface area contributed by atoms with E-state index >= 15 is 0 Å². The van der Waals surface area contributed by atoms with Crippen molar-refractivity contribution in [2.24, 2.45) is 0 Å². The number of rotatable bonds is 5. The van der Waals surface area contributed by atoms with E-state index in [1.54, 1.807) is 54.6 Å². The normalized spacial score (nSPS) is 11.2. The molecule has 0 atom stereocenters. The second kappa shape index (κ2) is 9.37. The molecule has 0 amide bonds. The molecular weight excluding hydrogens is 436 g/mol. The third kappa shape index (κ3) is 5.22. The Labute approximate surface area is 183 Å². The molecule has 3 aromatic carbocycles. The molecule has 0 fully saturated rings. The highest BCUT2D eigenvalue weighted by Gasteiger charge is 2.11. The fourth-order valence-corrected chi connectivity index (χ4v) is 3.38. The fourth-order valence-electron chi connectivity index (χ4n) is 2.51. The summed E-state index contributed by atoms with van der Waals surface area (Å²) >= 11 is 24.5. The van der Waals surface area contributed by atoms with Gasteiger partial charge in [0.05, 0.1) is 21.7 Å². The van der Waals surface area contributed by atoms with Crippen LogP contribution in [0.15, 0.2) is 60.7 Å². The minimum absolute atomic E-state index is 0.306. The van der Waals surface area contributed by atoms with Gasteiger partial charge in [0.1, 0.15) is 6.61 Å². The monoisotopic (exact) mass is 447 g/mol. The van der Waals surface area contributed by atoms with Crippen LogP contribution < -0.4 is 4.74 Å². The van der Waals surface area contributed by atoms with Crippen LogP contribution in [0.2, 0.25) is 20.1 Å². The fraction of sp³-hybridized carbons (Fsp3) is 0.0455. The number of ether oxygens (including phenoxy) is 1. The van der Waals surface area contributed by atoms with E-state index in [9.17, 15) is 5.26 Å². The smallest absolute Gasteiger partial charge is 0.157 e. The van der Waals surface area contributed by atoms with Gasteiger partial charge in [0.25, 0.3) is 0 Å². The minimum atomic E-state index is 0.306. The molecule has 3 rings (SSSR count). The van der Waals surface area contributed by atoms with Crippen LogP contribution in [0.1, 0.15) is 16.7 Å². The highest BCUT2D eigenvalue weighted by atomic mass is 35.5. The molecule has 2 nitrogen and oxygen atoms in total. The molecule has 0 unspecified atom stereocenters. The summed E-state index contributed by atoms with van der Waals surface area (Å²) in [6.45, 7) is 0.306. The van der Waals surface area contributed by atoms with E-state index in [1.165, 1.54) is 0 Å². The summed E-state index contributed by atoms with van der Waals surface area (Å²) in [6, 6.07) is 19.9. The van der Waals surface area contributed by atoms with Gasteiger partial charge in [-0.3, -0.25) is 0 Å². The Kier molecular flexibility index (Phi) is 6.88. The van der Waals surface area contributed by atoms with Crippen molar-refractivity contribution in [3.63, 3.8) is 0 Å². The quantitative estimate of drug-likeness (QED) is 0.293. The van der Waals surface area contributed by atoms with Gasteiger partial charge in [0.2, 0.25) is 0 Å². The maximum Gasteiger partial charge on any atom is 0.157 e. The van der Waals surface area contributed by atoms with E-state index in [4.69, 9.17) is 51.1 Å². The van der Waals surface area contributed by atoms with Crippen molar-refractivity contribution in [3.05, 3.63) is 97.4 Å². The number of nitrogens with zero attached hydrogens (tertiary/aromatic N) is 1. The Balaban J connectivity index is 1.83. The van der Waals surface area contributed by atoms with Crippen molar-refractivity contribution in [2.45, 2.75) is 6.61 Å². The van der Waals surface area contributed by atoms with E-state index in [2.05, 4.69) is 6.07 Å². The van der Waals surface area contributed by atoms with E-state index in [0.717, 1.165) is 11.1 Å². The molecule has 140 valence electrons. The first-order chi connectivity index (χ1) is 13.5. The van der Waals surface area contributed by atoms with E-state index in [0.29, 0.717) is 43.6 Å². The average molecular weight is 449 g/mol. The van der Waals surface area contributed by atoms with Crippen LogP contribution in [-0.4, -0.2) is 0 Å². The van der Waals surface area contributed by atoms with E-state index in [1.807, 2.05) is 12.1 Å². The first kappa shape index (κ1) is 20.6. The Hall–Kier alpha value is -2.15. The van der Waals surface area contributed by atoms with Gasteiger partial charge in [-0.05, 0) is 59.2 Å². The summed E-state index contributed by atoms with van der Waals surface area (Å²) in [6.07, 6.45) is 1.71. The number of allylic oxidation sites excluding steroid dienone is 1. The Morgan fingerprint density at radius 3 is 1.93 bits per heavy atom. The van der Waals surface area contributed by atoms with Gasteiger partial charge >= 0.3 is 0 Å². The number of halogens is 4. The van der Waals surface area contributed by atoms with Gasteiger partial charge in [-0.2, -0.15) is 5.26 Å². The molecule has 0 saturated carbocycles. The molecule has 0 aliphatic rings. The maximum absolute atomic E-state index is 9.48. The standard InChI is InChI=1S/C22H13Cl4NO/c23-18-5-1-14(2-6-18)13-28-22-20(25)10-15(11-21(22)26)9-17(12-27)16-3-7-19(24)8-4-16/h1-11H,13H2/b17-9+. The lowest BCUT2D eigenvalue weighted by Crippen LogP contribution is -1.97. The van der Waals surface area contributed by atoms with Crippen molar-refractivity contribution in [3.8, 4) is 11.8 Å². The average Bonchev–Trinajstić information content (AvgIpc) is 2.67. The number of nitriles is 1. The molecule has 0 N–H and O–H groups in total. The van der Waals surface area contributed by atoms with Gasteiger partial charge in [-0.25, -0.2) is 0 Å². The number of hydrogen-bond acceptors (Lipinski definition) is 2. The van der Waals surface area contributed by atoms with Crippen LogP contribution in [0.3, 0.4) is 0 Å². The molecule has 0 radical (unpaired) electrons. The molecule has 0 aliphatic heterocycles. The number of hydrogen-bond donors (Lipinski definition) is 0. The molecule has 0 spiro atoms. The Morgan fingerprint density at radius 1 is 0.857 bits per heavy atom. The highest BCUT2D eigenvalue weighted by molar-refractivity contribution is 6.37. The molecule has 0 aromatic heterocycles. The lowest BCUT2D eigenvalue weighted by Gasteiger charge is -2.11. The van der Waals surface area contributed by atoms with Crippen LogP contribution >= 0.6 is 46.4 Å². The van der Waals surface area contributed by atoms with Crippen LogP contribution in [0.5, 0.6) is 5.75 Å². The molecule has 0 saturated heterocycles. The molecule has 0 aliphatic carbocycles. The summed E-state index contributed by atoms with van der Waals surface area (Å²) in [5, 5.41) is 11.5. The van der Waals surface area contributed by atoms with Gasteiger partial charge in [-0.1, -0.05) is 70.7 Å². The van der Waals surface area contributed by atoms with Crippen LogP contribution in [0, 0.1) is 11.3 Å². The minimum Gasteiger partial charge on any atom is -0.486 e. The lowest BCUT2D eigenvalue weighted by atomic mass is 10.0. The first-order valence-electron chi connectivity index (χ1n) is 8.20. The van der Waals surface area contributed by atoms with Crippen LogP contribution in [0.4, 0.5) is 0 Å². The van der Waals surface area contributed by atoms with Crippen LogP contribution in [-0.2, 0) is 6.61 Å². The molecule has 3 aromatic rings. The van der Waals surface area contributed by atoms with Crippen molar-refractivity contribution in [1.29, 1.82) is 5.26 Å². The molecule has 28 heavy (non-hydrogen) atoms. The second-order valence-electron chi connectivity index (χ2n) is 5.91. The largest absolute Gasteiger partial charge is 0.486 e. The zero-order chi connectivity index (χ0) is 20.1. The molecule has 6 heteroatoms. The van der Waals surface area contributed by atoms with Crippen molar-refractivity contribution in [1.82, 2.24) is 0 Å². The maximum atomic E-state index is 9.48. The topological polar surface area (TPSA) is 33.0 Å². The van der Waals surface area contributed by atoms with Crippen molar-refractivity contribution < 1.29 is 4.74 Å². The zero-order valence-electron chi connectivity index (χ0n) is 14.4. The summed E-state index contributed by atoms with van der Waals surface area (Å²) in [5.41, 5.74) is 2.86. The molecular formula is C22H13Cl4NO. The molecule has 0 bridgehead atoms.